The van der Waals surface area contributed by atoms with Gasteiger partial charge in [0.2, 0.25) is 0 Å². The summed E-state index contributed by atoms with van der Waals surface area (Å²) in [5.41, 5.74) is 8.72. The molecule has 4 aromatic carbocycles. The van der Waals surface area contributed by atoms with Crippen molar-refractivity contribution in [3.8, 4) is 22.6 Å². The number of fused-ring (bicyclic) bond motifs is 8. The summed E-state index contributed by atoms with van der Waals surface area (Å²) in [4.78, 5) is 13.0. The van der Waals surface area contributed by atoms with Crippen molar-refractivity contribution in [1.82, 2.24) is 24.1 Å². The molecule has 294 valence electrons. The van der Waals surface area contributed by atoms with Crippen molar-refractivity contribution in [2.45, 2.75) is 65.2 Å². The van der Waals surface area contributed by atoms with Crippen LogP contribution >= 0.6 is 11.6 Å². The van der Waals surface area contributed by atoms with Crippen LogP contribution in [0.15, 0.2) is 72.8 Å². The van der Waals surface area contributed by atoms with Gasteiger partial charge in [-0.15, -0.1) is 0 Å². The molecule has 0 fully saturated rings. The number of nitrogens with zero attached hydrogens (tertiary/aromatic N) is 5. The predicted octanol–water partition coefficient (Wildman–Crippen LogP) is 9.50. The molecule has 10 nitrogen and oxygen atoms in total. The number of aryl methyl sites for hydroxylation is 7. The Morgan fingerprint density at radius 3 is 2.54 bits per heavy atom. The van der Waals surface area contributed by atoms with E-state index in [-0.39, 0.29) is 11.5 Å². The zero-order valence-corrected chi connectivity index (χ0v) is 33.5. The Morgan fingerprint density at radius 2 is 1.77 bits per heavy atom. The zero-order chi connectivity index (χ0) is 40.0. The molecule has 0 amide bonds. The Bertz CT molecular complexity index is 2640. The number of aromatic nitrogens is 5. The summed E-state index contributed by atoms with van der Waals surface area (Å²) in [5.74, 6) is 0.0911. The minimum atomic E-state index is -1.03. The van der Waals surface area contributed by atoms with E-state index >= 15 is 0 Å². The summed E-state index contributed by atoms with van der Waals surface area (Å²) < 4.78 is 38.7. The Balaban J connectivity index is 1.27. The monoisotopic (exact) mass is 789 g/mol. The van der Waals surface area contributed by atoms with Crippen LogP contribution in [0.3, 0.4) is 0 Å². The van der Waals surface area contributed by atoms with Gasteiger partial charge in [0.15, 0.2) is 0 Å². The predicted molar refractivity (Wildman–Crippen MR) is 219 cm³/mol. The SMILES string of the molecule is COc1ccc(COC2CCc3cc(n(C)n3)CCc3cc(c4ccc(F)cc4c3)OCCCn3c(C(=O)O)c(C)c4c(c(Cl)ccc43)-c3c2nn(C)c3C)cc1. The molecule has 0 aliphatic carbocycles. The van der Waals surface area contributed by atoms with E-state index in [9.17, 15) is 14.3 Å². The summed E-state index contributed by atoms with van der Waals surface area (Å²) in [6.07, 6.45) is 2.65. The summed E-state index contributed by atoms with van der Waals surface area (Å²) in [6.45, 7) is 4.87. The molecule has 1 aliphatic rings. The smallest absolute Gasteiger partial charge is 0.352 e. The molecule has 1 aliphatic heterocycles. The molecule has 4 heterocycles. The number of hydrogen-bond acceptors (Lipinski definition) is 6. The molecule has 0 radical (unpaired) electrons. The topological polar surface area (TPSA) is 106 Å². The lowest BCUT2D eigenvalue weighted by Gasteiger charge is -2.19. The summed E-state index contributed by atoms with van der Waals surface area (Å²) in [6, 6.07) is 22.4. The van der Waals surface area contributed by atoms with E-state index < -0.39 is 12.1 Å². The standard InChI is InChI=1S/C45H45ClFN5O5/c1-26-40-37-17-16-36(46)42(40)41-27(2)50(3)49-43(41)38(57-25-28-8-13-34(55-5)14-9-28)18-11-32-24-33(51(4)48-32)12-7-29-21-30-23-31(47)10-15-35(30)39(22-29)56-20-6-19-52(37)44(26)45(53)54/h8-10,13-17,21-24,38H,6-7,11-12,18-20,25H2,1-5H3,(H,53,54). The van der Waals surface area contributed by atoms with Crippen LogP contribution in [0.2, 0.25) is 5.02 Å². The van der Waals surface area contributed by atoms with Gasteiger partial charge in [-0.1, -0.05) is 29.8 Å². The minimum absolute atomic E-state index is 0.194. The molecule has 1 unspecified atom stereocenters. The Labute approximate surface area is 335 Å². The van der Waals surface area contributed by atoms with Gasteiger partial charge in [0.05, 0.1) is 31.7 Å². The van der Waals surface area contributed by atoms with Gasteiger partial charge in [-0.25, -0.2) is 9.18 Å². The molecule has 1 atom stereocenters. The van der Waals surface area contributed by atoms with Crippen LogP contribution in [0, 0.1) is 19.7 Å². The number of benzene rings is 4. The van der Waals surface area contributed by atoms with Crippen molar-refractivity contribution >= 4 is 39.2 Å². The van der Waals surface area contributed by atoms with Gasteiger partial charge in [0.25, 0.3) is 0 Å². The molecule has 57 heavy (non-hydrogen) atoms. The average Bonchev–Trinajstić information content (AvgIpc) is 3.80. The first kappa shape index (κ1) is 38.2. The lowest BCUT2D eigenvalue weighted by molar-refractivity contribution is 0.0311. The Hall–Kier alpha value is -5.65. The molecule has 0 saturated carbocycles. The molecule has 1 N–H and O–H groups in total. The van der Waals surface area contributed by atoms with Crippen molar-refractivity contribution in [3.63, 3.8) is 0 Å². The van der Waals surface area contributed by atoms with E-state index in [2.05, 4.69) is 6.07 Å². The van der Waals surface area contributed by atoms with E-state index in [1.807, 2.05) is 90.4 Å². The minimum Gasteiger partial charge on any atom is -0.497 e. The van der Waals surface area contributed by atoms with E-state index in [1.165, 1.54) is 12.1 Å². The second kappa shape index (κ2) is 15.7. The van der Waals surface area contributed by atoms with Gasteiger partial charge in [-0.05, 0) is 123 Å². The van der Waals surface area contributed by atoms with Gasteiger partial charge >= 0.3 is 5.97 Å². The van der Waals surface area contributed by atoms with Crippen LogP contribution in [-0.2, 0) is 51.2 Å². The molecule has 7 aromatic rings. The molecule has 3 aromatic heterocycles. The van der Waals surface area contributed by atoms with Crippen LogP contribution in [0.1, 0.15) is 68.9 Å². The highest BCUT2D eigenvalue weighted by atomic mass is 35.5. The Kier molecular flexibility index (Phi) is 10.5. The third-order valence-corrected chi connectivity index (χ3v) is 11.5. The van der Waals surface area contributed by atoms with Crippen molar-refractivity contribution in [1.29, 1.82) is 0 Å². The molecule has 12 heteroatoms. The third kappa shape index (κ3) is 7.37. The normalized spacial score (nSPS) is 15.0. The molecule has 8 bridgehead atoms. The highest BCUT2D eigenvalue weighted by Gasteiger charge is 2.30. The first-order valence-electron chi connectivity index (χ1n) is 19.2. The number of hydrogen-bond donors (Lipinski definition) is 1. The number of rotatable bonds is 5. The van der Waals surface area contributed by atoms with E-state index in [0.29, 0.717) is 61.8 Å². The van der Waals surface area contributed by atoms with Crippen molar-refractivity contribution in [3.05, 3.63) is 129 Å². The summed E-state index contributed by atoms with van der Waals surface area (Å²) in [7, 11) is 5.51. The van der Waals surface area contributed by atoms with Crippen LogP contribution in [0.25, 0.3) is 32.8 Å². The number of carboxylic acid groups (broad SMARTS) is 1. The Morgan fingerprint density at radius 1 is 0.965 bits per heavy atom. The van der Waals surface area contributed by atoms with E-state index in [4.69, 9.17) is 36.0 Å². The summed E-state index contributed by atoms with van der Waals surface area (Å²) >= 11 is 7.17. The van der Waals surface area contributed by atoms with Gasteiger partial charge in [-0.3, -0.25) is 9.36 Å². The van der Waals surface area contributed by atoms with Gasteiger partial charge < -0.3 is 23.9 Å². The van der Waals surface area contributed by atoms with Gasteiger partial charge in [0, 0.05) is 64.5 Å². The zero-order valence-electron chi connectivity index (χ0n) is 32.7. The number of halogens is 2. The highest BCUT2D eigenvalue weighted by Crippen LogP contribution is 2.45. The van der Waals surface area contributed by atoms with Crippen molar-refractivity contribution in [2.75, 3.05) is 13.7 Å². The molecule has 0 saturated heterocycles. The fourth-order valence-corrected chi connectivity index (χ4v) is 8.51. The number of carbonyl (C=O) groups is 1. The van der Waals surface area contributed by atoms with E-state index in [1.54, 1.807) is 13.2 Å². The first-order chi connectivity index (χ1) is 27.5. The largest absolute Gasteiger partial charge is 0.497 e. The number of aromatic carboxylic acids is 1. The second-order valence-electron chi connectivity index (χ2n) is 14.8. The number of ether oxygens (including phenoxy) is 3. The van der Waals surface area contributed by atoms with Gasteiger partial charge in [0.1, 0.15) is 29.1 Å². The van der Waals surface area contributed by atoms with Crippen molar-refractivity contribution in [2.24, 2.45) is 14.1 Å². The van der Waals surface area contributed by atoms with Crippen LogP contribution in [0.4, 0.5) is 4.39 Å². The highest BCUT2D eigenvalue weighted by molar-refractivity contribution is 6.35. The van der Waals surface area contributed by atoms with Crippen LogP contribution in [0.5, 0.6) is 11.5 Å². The average molecular weight is 790 g/mol. The fourth-order valence-electron chi connectivity index (χ4n) is 8.26. The maximum atomic E-state index is 14.5. The maximum Gasteiger partial charge on any atom is 0.352 e. The van der Waals surface area contributed by atoms with E-state index in [0.717, 1.165) is 78.9 Å². The molecule has 0 spiro atoms. The molecular formula is C45H45ClFN5O5. The fraction of sp³-hybridized carbons (Fsp3) is 0.311. The van der Waals surface area contributed by atoms with Crippen molar-refractivity contribution < 1.29 is 28.5 Å². The number of carboxylic acids is 1. The lowest BCUT2D eigenvalue weighted by Crippen LogP contribution is -2.12. The quantitative estimate of drug-likeness (QED) is 0.185. The summed E-state index contributed by atoms with van der Waals surface area (Å²) in [5, 5.41) is 23.5. The van der Waals surface area contributed by atoms with Gasteiger partial charge in [-0.2, -0.15) is 10.2 Å². The second-order valence-corrected chi connectivity index (χ2v) is 15.2. The van der Waals surface area contributed by atoms with Crippen LogP contribution in [-0.4, -0.2) is 48.9 Å². The molecule has 8 rings (SSSR count). The number of methoxy groups -OCH3 is 1. The first-order valence-corrected chi connectivity index (χ1v) is 19.6. The molecular weight excluding hydrogens is 745 g/mol. The third-order valence-electron chi connectivity index (χ3n) is 11.2. The maximum absolute atomic E-state index is 14.5. The lowest BCUT2D eigenvalue weighted by atomic mass is 9.94. The van der Waals surface area contributed by atoms with Crippen LogP contribution < -0.4 is 9.47 Å².